The third-order valence-electron chi connectivity index (χ3n) is 5.98. The number of nitrogens with zero attached hydrogens (tertiary/aromatic N) is 1. The highest BCUT2D eigenvalue weighted by Crippen LogP contribution is 2.45. The Morgan fingerprint density at radius 1 is 1.03 bits per heavy atom. The van der Waals surface area contributed by atoms with Gasteiger partial charge in [0.1, 0.15) is 0 Å². The first-order valence-electron chi connectivity index (χ1n) is 9.49. The van der Waals surface area contributed by atoms with Gasteiger partial charge in [0.15, 0.2) is 5.60 Å². The first kappa shape index (κ1) is 19.7. The average Bonchev–Trinajstić information content (AvgIpc) is 3.20. The number of fused-ring (bicyclic) bond motifs is 3. The van der Waals surface area contributed by atoms with Crippen LogP contribution in [0.4, 0.5) is 0 Å². The number of sulfonamides is 1. The van der Waals surface area contributed by atoms with Gasteiger partial charge >= 0.3 is 5.97 Å². The normalized spacial score (nSPS) is 20.7. The van der Waals surface area contributed by atoms with E-state index in [0.717, 1.165) is 33.4 Å². The molecule has 0 amide bonds. The molecule has 4 rings (SSSR count). The summed E-state index contributed by atoms with van der Waals surface area (Å²) in [6.07, 6.45) is 0. The molecule has 0 N–H and O–H groups in total. The lowest BCUT2D eigenvalue weighted by atomic mass is 9.83. The van der Waals surface area contributed by atoms with Gasteiger partial charge in [0.2, 0.25) is 10.0 Å². The summed E-state index contributed by atoms with van der Waals surface area (Å²) < 4.78 is 33.5. The molecule has 2 aromatic carbocycles. The molecule has 6 heteroatoms. The zero-order chi connectivity index (χ0) is 21.1. The SMILES string of the molecule is CC#C[C@@]1(C)OC(=O)c2c3c(c(C)c(C)c21)CN(S(=O)(=O)c1ccc(C)cc1)C3. The quantitative estimate of drug-likeness (QED) is 0.560. The fourth-order valence-corrected chi connectivity index (χ4v) is 5.77. The standard InChI is InChI=1S/C23H23NO4S/c1-6-11-23(5)21-16(4)15(3)18-12-24(13-19(18)20(21)22(25)28-23)29(26,27)17-9-7-14(2)8-10-17/h7-10H,12-13H2,1-5H3/t23-/m1/s1. The third-order valence-corrected chi connectivity index (χ3v) is 7.78. The van der Waals surface area contributed by atoms with E-state index >= 15 is 0 Å². The van der Waals surface area contributed by atoms with E-state index in [1.807, 2.05) is 20.8 Å². The van der Waals surface area contributed by atoms with E-state index in [0.29, 0.717) is 5.56 Å². The Labute approximate surface area is 171 Å². The number of cyclic esters (lactones) is 1. The fourth-order valence-electron chi connectivity index (χ4n) is 4.39. The number of carbonyl (C=O) groups excluding carboxylic acids is 1. The molecule has 2 aliphatic rings. The van der Waals surface area contributed by atoms with E-state index in [4.69, 9.17) is 4.74 Å². The Bertz CT molecular complexity index is 1220. The third kappa shape index (κ3) is 2.80. The maximum Gasteiger partial charge on any atom is 0.340 e. The monoisotopic (exact) mass is 409 g/mol. The van der Waals surface area contributed by atoms with E-state index < -0.39 is 21.6 Å². The molecule has 29 heavy (non-hydrogen) atoms. The van der Waals surface area contributed by atoms with E-state index in [2.05, 4.69) is 11.8 Å². The summed E-state index contributed by atoms with van der Waals surface area (Å²) in [7, 11) is -3.67. The second-order valence-electron chi connectivity index (χ2n) is 7.84. The lowest BCUT2D eigenvalue weighted by molar-refractivity contribution is 0.0238. The van der Waals surface area contributed by atoms with Crippen LogP contribution >= 0.6 is 0 Å². The maximum absolute atomic E-state index is 13.2. The molecular formula is C23H23NO4S. The molecule has 1 atom stereocenters. The van der Waals surface area contributed by atoms with Crippen molar-refractivity contribution in [3.63, 3.8) is 0 Å². The van der Waals surface area contributed by atoms with Gasteiger partial charge in [-0.1, -0.05) is 23.6 Å². The molecule has 150 valence electrons. The minimum atomic E-state index is -3.67. The van der Waals surface area contributed by atoms with Crippen LogP contribution in [0, 0.1) is 32.6 Å². The molecule has 0 aromatic heterocycles. The van der Waals surface area contributed by atoms with Crippen molar-refractivity contribution in [2.75, 3.05) is 0 Å². The molecule has 0 unspecified atom stereocenters. The summed E-state index contributed by atoms with van der Waals surface area (Å²) in [6, 6.07) is 6.82. The van der Waals surface area contributed by atoms with Crippen molar-refractivity contribution in [2.45, 2.75) is 58.2 Å². The molecule has 5 nitrogen and oxygen atoms in total. The molecule has 0 bridgehead atoms. The van der Waals surface area contributed by atoms with Crippen LogP contribution in [0.15, 0.2) is 29.2 Å². The van der Waals surface area contributed by atoms with Crippen LogP contribution < -0.4 is 0 Å². The van der Waals surface area contributed by atoms with Crippen LogP contribution in [0.2, 0.25) is 0 Å². The van der Waals surface area contributed by atoms with Gasteiger partial charge in [0.05, 0.1) is 10.5 Å². The largest absolute Gasteiger partial charge is 0.438 e. The van der Waals surface area contributed by atoms with Crippen LogP contribution in [-0.2, 0) is 33.5 Å². The van der Waals surface area contributed by atoms with Crippen LogP contribution in [-0.4, -0.2) is 18.7 Å². The lowest BCUT2D eigenvalue weighted by Crippen LogP contribution is -2.25. The summed E-state index contributed by atoms with van der Waals surface area (Å²) in [5.74, 6) is 5.43. The summed E-state index contributed by atoms with van der Waals surface area (Å²) in [5.41, 5.74) is 4.80. The predicted octanol–water partition coefficient (Wildman–Crippen LogP) is 3.73. The van der Waals surface area contributed by atoms with Crippen molar-refractivity contribution in [3.8, 4) is 11.8 Å². The molecule has 0 fully saturated rings. The maximum atomic E-state index is 13.2. The van der Waals surface area contributed by atoms with Crippen molar-refractivity contribution in [1.82, 2.24) is 4.31 Å². The minimum absolute atomic E-state index is 0.153. The number of esters is 1. The van der Waals surface area contributed by atoms with Gasteiger partial charge < -0.3 is 4.74 Å². The number of rotatable bonds is 2. The van der Waals surface area contributed by atoms with Crippen LogP contribution in [0.1, 0.15) is 57.6 Å². The topological polar surface area (TPSA) is 63.7 Å². The number of aryl methyl sites for hydroxylation is 1. The first-order chi connectivity index (χ1) is 13.6. The Hall–Kier alpha value is -2.62. The highest BCUT2D eigenvalue weighted by Gasteiger charge is 2.47. The second kappa shape index (κ2) is 6.45. The molecule has 0 radical (unpaired) electrons. The van der Waals surface area contributed by atoms with Gasteiger partial charge in [-0.05, 0) is 69.0 Å². The Morgan fingerprint density at radius 3 is 2.28 bits per heavy atom. The summed E-state index contributed by atoms with van der Waals surface area (Å²) in [5, 5.41) is 0. The molecular weight excluding hydrogens is 386 g/mol. The number of carbonyl (C=O) groups is 1. The summed E-state index contributed by atoms with van der Waals surface area (Å²) in [4.78, 5) is 13.0. The number of hydrogen-bond acceptors (Lipinski definition) is 4. The smallest absolute Gasteiger partial charge is 0.340 e. The minimum Gasteiger partial charge on any atom is -0.438 e. The molecule has 2 aliphatic heterocycles. The second-order valence-corrected chi connectivity index (χ2v) is 9.78. The van der Waals surface area contributed by atoms with Crippen molar-refractivity contribution >= 4 is 16.0 Å². The lowest BCUT2D eigenvalue weighted by Gasteiger charge is -2.21. The highest BCUT2D eigenvalue weighted by molar-refractivity contribution is 7.89. The van der Waals surface area contributed by atoms with Gasteiger partial charge in [0.25, 0.3) is 0 Å². The number of hydrogen-bond donors (Lipinski definition) is 0. The Kier molecular flexibility index (Phi) is 4.38. The summed E-state index contributed by atoms with van der Waals surface area (Å²) >= 11 is 0. The van der Waals surface area contributed by atoms with Gasteiger partial charge in [0, 0.05) is 18.7 Å². The van der Waals surface area contributed by atoms with Crippen LogP contribution in [0.5, 0.6) is 0 Å². The molecule has 0 spiro atoms. The fraction of sp³-hybridized carbons (Fsp3) is 0.348. The van der Waals surface area contributed by atoms with Crippen molar-refractivity contribution < 1.29 is 17.9 Å². The van der Waals surface area contributed by atoms with Gasteiger partial charge in [-0.15, -0.1) is 5.92 Å². The molecule has 2 aromatic rings. The molecule has 0 saturated carbocycles. The summed E-state index contributed by atoms with van der Waals surface area (Å²) in [6.45, 7) is 9.74. The van der Waals surface area contributed by atoms with Crippen molar-refractivity contribution in [2.24, 2.45) is 0 Å². The first-order valence-corrected chi connectivity index (χ1v) is 10.9. The Morgan fingerprint density at radius 2 is 1.66 bits per heavy atom. The van der Waals surface area contributed by atoms with Crippen LogP contribution in [0.3, 0.4) is 0 Å². The predicted molar refractivity (Wildman–Crippen MR) is 110 cm³/mol. The van der Waals surface area contributed by atoms with E-state index in [1.165, 1.54) is 4.31 Å². The van der Waals surface area contributed by atoms with Crippen molar-refractivity contribution in [3.05, 3.63) is 63.2 Å². The number of benzene rings is 2. The van der Waals surface area contributed by atoms with Gasteiger partial charge in [-0.25, -0.2) is 13.2 Å². The van der Waals surface area contributed by atoms with E-state index in [9.17, 15) is 13.2 Å². The molecule has 0 saturated heterocycles. The van der Waals surface area contributed by atoms with Crippen molar-refractivity contribution in [1.29, 1.82) is 0 Å². The zero-order valence-corrected chi connectivity index (χ0v) is 18.0. The van der Waals surface area contributed by atoms with E-state index in [1.54, 1.807) is 38.1 Å². The zero-order valence-electron chi connectivity index (χ0n) is 17.2. The molecule has 2 heterocycles. The Balaban J connectivity index is 1.85. The number of ether oxygens (including phenoxy) is 1. The van der Waals surface area contributed by atoms with Gasteiger partial charge in [-0.3, -0.25) is 0 Å². The van der Waals surface area contributed by atoms with E-state index in [-0.39, 0.29) is 18.0 Å². The van der Waals surface area contributed by atoms with Gasteiger partial charge in [-0.2, -0.15) is 4.31 Å². The average molecular weight is 410 g/mol. The highest BCUT2D eigenvalue weighted by atomic mass is 32.2. The molecule has 0 aliphatic carbocycles. The van der Waals surface area contributed by atoms with Crippen LogP contribution in [0.25, 0.3) is 0 Å².